The van der Waals surface area contributed by atoms with Crippen molar-refractivity contribution in [2.24, 2.45) is 11.7 Å². The molecule has 0 aromatic rings. The van der Waals surface area contributed by atoms with E-state index in [1.54, 1.807) is 21.0 Å². The van der Waals surface area contributed by atoms with Gasteiger partial charge in [-0.25, -0.2) is 0 Å². The zero-order chi connectivity index (χ0) is 11.0. The van der Waals surface area contributed by atoms with Gasteiger partial charge < -0.3 is 10.6 Å². The molecule has 1 unspecified atom stereocenters. The summed E-state index contributed by atoms with van der Waals surface area (Å²) in [4.78, 5) is 22.9. The summed E-state index contributed by atoms with van der Waals surface area (Å²) in [7, 11) is 3.31. The molecule has 4 nitrogen and oxygen atoms in total. The van der Waals surface area contributed by atoms with Gasteiger partial charge in [0.2, 0.25) is 11.8 Å². The molecule has 0 aliphatic heterocycles. The molecule has 0 saturated carbocycles. The fourth-order valence-corrected chi connectivity index (χ4v) is 0.830. The molecular formula is C9H20N2O2. The van der Waals surface area contributed by atoms with E-state index in [0.29, 0.717) is 0 Å². The molecule has 0 aliphatic carbocycles. The van der Waals surface area contributed by atoms with Crippen LogP contribution >= 0.6 is 0 Å². The quantitative estimate of drug-likeness (QED) is 0.705. The SMILES string of the molecule is CC.CC(CC(N)=O)C(=O)N(C)C. The summed E-state index contributed by atoms with van der Waals surface area (Å²) in [6, 6.07) is 0. The summed E-state index contributed by atoms with van der Waals surface area (Å²) in [5.74, 6) is -0.806. The maximum absolute atomic E-state index is 11.1. The first-order valence-electron chi connectivity index (χ1n) is 4.44. The van der Waals surface area contributed by atoms with Crippen LogP contribution in [-0.2, 0) is 9.59 Å². The highest BCUT2D eigenvalue weighted by Crippen LogP contribution is 2.03. The van der Waals surface area contributed by atoms with Crippen molar-refractivity contribution in [2.45, 2.75) is 27.2 Å². The average Bonchev–Trinajstić information content (AvgIpc) is 2.05. The van der Waals surface area contributed by atoms with Gasteiger partial charge in [-0.15, -0.1) is 0 Å². The van der Waals surface area contributed by atoms with E-state index in [4.69, 9.17) is 5.73 Å². The second-order valence-electron chi connectivity index (χ2n) is 2.80. The Balaban J connectivity index is 0. The van der Waals surface area contributed by atoms with E-state index < -0.39 is 5.91 Å². The van der Waals surface area contributed by atoms with Crippen molar-refractivity contribution >= 4 is 11.8 Å². The Bertz CT molecular complexity index is 167. The van der Waals surface area contributed by atoms with Crippen molar-refractivity contribution in [3.8, 4) is 0 Å². The van der Waals surface area contributed by atoms with Crippen molar-refractivity contribution in [1.29, 1.82) is 0 Å². The lowest BCUT2D eigenvalue weighted by atomic mass is 10.1. The summed E-state index contributed by atoms with van der Waals surface area (Å²) < 4.78 is 0. The van der Waals surface area contributed by atoms with Crippen LogP contribution in [0.15, 0.2) is 0 Å². The predicted molar refractivity (Wildman–Crippen MR) is 53.0 cm³/mol. The van der Waals surface area contributed by atoms with Crippen molar-refractivity contribution in [2.75, 3.05) is 14.1 Å². The molecule has 0 aliphatic rings. The topological polar surface area (TPSA) is 63.4 Å². The molecule has 13 heavy (non-hydrogen) atoms. The van der Waals surface area contributed by atoms with Crippen molar-refractivity contribution < 1.29 is 9.59 Å². The summed E-state index contributed by atoms with van der Waals surface area (Å²) in [5.41, 5.74) is 4.92. The van der Waals surface area contributed by atoms with E-state index >= 15 is 0 Å². The molecule has 2 amide bonds. The van der Waals surface area contributed by atoms with Gasteiger partial charge in [0.25, 0.3) is 0 Å². The number of nitrogens with zero attached hydrogens (tertiary/aromatic N) is 1. The number of carbonyl (C=O) groups excluding carboxylic acids is 2. The van der Waals surface area contributed by atoms with Crippen LogP contribution in [0.5, 0.6) is 0 Å². The molecule has 0 aromatic heterocycles. The average molecular weight is 188 g/mol. The van der Waals surface area contributed by atoms with E-state index in [0.717, 1.165) is 0 Å². The molecule has 0 saturated heterocycles. The van der Waals surface area contributed by atoms with Gasteiger partial charge in [0.1, 0.15) is 0 Å². The molecule has 0 radical (unpaired) electrons. The van der Waals surface area contributed by atoms with Crippen molar-refractivity contribution in [3.63, 3.8) is 0 Å². The molecule has 0 fully saturated rings. The number of rotatable bonds is 3. The third-order valence-corrected chi connectivity index (χ3v) is 1.37. The van der Waals surface area contributed by atoms with E-state index in [1.165, 1.54) is 4.90 Å². The first-order valence-corrected chi connectivity index (χ1v) is 4.44. The second-order valence-corrected chi connectivity index (χ2v) is 2.80. The Hall–Kier alpha value is -1.06. The van der Waals surface area contributed by atoms with E-state index in [1.807, 2.05) is 13.8 Å². The third-order valence-electron chi connectivity index (χ3n) is 1.37. The monoisotopic (exact) mass is 188 g/mol. The molecule has 0 rings (SSSR count). The molecule has 4 heteroatoms. The molecular weight excluding hydrogens is 168 g/mol. The molecule has 0 bridgehead atoms. The molecule has 0 heterocycles. The Morgan fingerprint density at radius 1 is 1.31 bits per heavy atom. The van der Waals surface area contributed by atoms with Gasteiger partial charge in [-0.05, 0) is 0 Å². The highest BCUT2D eigenvalue weighted by Gasteiger charge is 2.16. The van der Waals surface area contributed by atoms with Gasteiger partial charge in [0.15, 0.2) is 0 Å². The van der Waals surface area contributed by atoms with E-state index in [9.17, 15) is 9.59 Å². The van der Waals surface area contributed by atoms with Crippen LogP contribution in [-0.4, -0.2) is 30.8 Å². The molecule has 78 valence electrons. The van der Waals surface area contributed by atoms with Crippen LogP contribution in [0.1, 0.15) is 27.2 Å². The zero-order valence-electron chi connectivity index (χ0n) is 9.13. The van der Waals surface area contributed by atoms with E-state index in [-0.39, 0.29) is 18.2 Å². The van der Waals surface area contributed by atoms with Gasteiger partial charge in [-0.1, -0.05) is 20.8 Å². The van der Waals surface area contributed by atoms with Crippen molar-refractivity contribution in [1.82, 2.24) is 4.90 Å². The van der Waals surface area contributed by atoms with Crippen LogP contribution in [0, 0.1) is 5.92 Å². The first kappa shape index (κ1) is 14.5. The van der Waals surface area contributed by atoms with Gasteiger partial charge in [-0.3, -0.25) is 9.59 Å². The fraction of sp³-hybridized carbons (Fsp3) is 0.778. The maximum atomic E-state index is 11.1. The molecule has 0 spiro atoms. The standard InChI is InChI=1S/C7H14N2O2.C2H6/c1-5(4-6(8)10)7(11)9(2)3;1-2/h5H,4H2,1-3H3,(H2,8,10);1-2H3. The lowest BCUT2D eigenvalue weighted by Gasteiger charge is -2.14. The zero-order valence-corrected chi connectivity index (χ0v) is 9.13. The van der Waals surface area contributed by atoms with Gasteiger partial charge in [-0.2, -0.15) is 0 Å². The number of amides is 2. The molecule has 0 aromatic carbocycles. The summed E-state index contributed by atoms with van der Waals surface area (Å²) >= 11 is 0. The minimum Gasteiger partial charge on any atom is -0.370 e. The number of nitrogens with two attached hydrogens (primary N) is 1. The first-order chi connectivity index (χ1) is 5.95. The lowest BCUT2D eigenvalue weighted by Crippen LogP contribution is -2.30. The van der Waals surface area contributed by atoms with Gasteiger partial charge in [0, 0.05) is 26.4 Å². The van der Waals surface area contributed by atoms with Crippen LogP contribution in [0.2, 0.25) is 0 Å². The van der Waals surface area contributed by atoms with Crippen LogP contribution in [0.25, 0.3) is 0 Å². The summed E-state index contributed by atoms with van der Waals surface area (Å²) in [6.45, 7) is 5.69. The van der Waals surface area contributed by atoms with Crippen LogP contribution < -0.4 is 5.73 Å². The summed E-state index contributed by atoms with van der Waals surface area (Å²) in [5, 5.41) is 0. The Labute approximate surface area is 80.1 Å². The second kappa shape index (κ2) is 7.58. The number of hydrogen-bond donors (Lipinski definition) is 1. The normalized spacial score (nSPS) is 10.8. The van der Waals surface area contributed by atoms with Crippen LogP contribution in [0.4, 0.5) is 0 Å². The van der Waals surface area contributed by atoms with Gasteiger partial charge >= 0.3 is 0 Å². The van der Waals surface area contributed by atoms with Crippen molar-refractivity contribution in [3.05, 3.63) is 0 Å². The molecule has 2 N–H and O–H groups in total. The number of carbonyl (C=O) groups is 2. The Morgan fingerprint density at radius 2 is 1.69 bits per heavy atom. The Kier molecular flexibility index (Phi) is 8.44. The van der Waals surface area contributed by atoms with Crippen LogP contribution in [0.3, 0.4) is 0 Å². The molecule has 1 atom stereocenters. The number of hydrogen-bond acceptors (Lipinski definition) is 2. The van der Waals surface area contributed by atoms with E-state index in [2.05, 4.69) is 0 Å². The largest absolute Gasteiger partial charge is 0.370 e. The summed E-state index contributed by atoms with van der Waals surface area (Å²) in [6.07, 6.45) is 0.122. The highest BCUT2D eigenvalue weighted by atomic mass is 16.2. The predicted octanol–water partition coefficient (Wildman–Crippen LogP) is 0.612. The van der Waals surface area contributed by atoms with Gasteiger partial charge in [0.05, 0.1) is 0 Å². The maximum Gasteiger partial charge on any atom is 0.225 e. The minimum absolute atomic E-state index is 0.0659. The Morgan fingerprint density at radius 3 is 1.92 bits per heavy atom. The highest BCUT2D eigenvalue weighted by molar-refractivity contribution is 5.84. The smallest absolute Gasteiger partial charge is 0.225 e. The third kappa shape index (κ3) is 7.31. The number of primary amides is 1. The fourth-order valence-electron chi connectivity index (χ4n) is 0.830. The minimum atomic E-state index is -0.437. The lowest BCUT2D eigenvalue weighted by molar-refractivity contribution is -0.135.